The highest BCUT2D eigenvalue weighted by Gasteiger charge is 2.68. The maximum absolute atomic E-state index is 12.5. The van der Waals surface area contributed by atoms with E-state index in [0.29, 0.717) is 12.0 Å². The zero-order valence-electron chi connectivity index (χ0n) is 12.0. The van der Waals surface area contributed by atoms with Gasteiger partial charge in [0.1, 0.15) is 4.33 Å². The SMILES string of the molecule is C[C@@H](c1cccc([N+](=O)[O-])c1)N(C)C(=O)[C@@]1(C)CC1(Cl)Cl. The lowest BCUT2D eigenvalue weighted by molar-refractivity contribution is -0.384. The normalized spacial score (nSPS) is 24.2. The predicted octanol–water partition coefficient (Wildman–Crippen LogP) is 3.70. The lowest BCUT2D eigenvalue weighted by Gasteiger charge is -2.28. The number of hydrogen-bond donors (Lipinski definition) is 0. The zero-order valence-corrected chi connectivity index (χ0v) is 13.5. The first-order valence-corrected chi connectivity index (χ1v) is 7.25. The number of non-ortho nitro benzene ring substituents is 1. The van der Waals surface area contributed by atoms with Crippen LogP contribution in [-0.2, 0) is 4.79 Å². The van der Waals surface area contributed by atoms with E-state index in [1.807, 2.05) is 6.92 Å². The molecular formula is C14H16Cl2N2O3. The second-order valence-electron chi connectivity index (χ2n) is 5.66. The Hall–Kier alpha value is -1.33. The fourth-order valence-corrected chi connectivity index (χ4v) is 3.02. The van der Waals surface area contributed by atoms with Gasteiger partial charge in [-0.25, -0.2) is 0 Å². The van der Waals surface area contributed by atoms with Gasteiger partial charge in [-0.1, -0.05) is 12.1 Å². The molecule has 21 heavy (non-hydrogen) atoms. The molecule has 0 heterocycles. The highest BCUT2D eigenvalue weighted by Crippen LogP contribution is 2.64. The molecule has 5 nitrogen and oxygen atoms in total. The maximum atomic E-state index is 12.5. The summed E-state index contributed by atoms with van der Waals surface area (Å²) in [6.07, 6.45) is 0.411. The van der Waals surface area contributed by atoms with Crippen molar-refractivity contribution in [3.05, 3.63) is 39.9 Å². The van der Waals surface area contributed by atoms with Gasteiger partial charge in [-0.15, -0.1) is 23.2 Å². The van der Waals surface area contributed by atoms with Crippen LogP contribution >= 0.6 is 23.2 Å². The second-order valence-corrected chi connectivity index (χ2v) is 7.14. The van der Waals surface area contributed by atoms with E-state index in [4.69, 9.17) is 23.2 Å². The summed E-state index contributed by atoms with van der Waals surface area (Å²) in [6, 6.07) is 5.94. The molecule has 0 aliphatic heterocycles. The van der Waals surface area contributed by atoms with Crippen LogP contribution in [0.4, 0.5) is 5.69 Å². The molecule has 1 saturated carbocycles. The fourth-order valence-electron chi connectivity index (χ4n) is 2.32. The van der Waals surface area contributed by atoms with Crippen molar-refractivity contribution in [2.45, 2.75) is 30.6 Å². The van der Waals surface area contributed by atoms with E-state index in [9.17, 15) is 14.9 Å². The lowest BCUT2D eigenvalue weighted by Crippen LogP contribution is -2.37. The van der Waals surface area contributed by atoms with Crippen molar-refractivity contribution in [3.8, 4) is 0 Å². The largest absolute Gasteiger partial charge is 0.338 e. The molecule has 1 amide bonds. The van der Waals surface area contributed by atoms with E-state index in [1.165, 1.54) is 17.0 Å². The summed E-state index contributed by atoms with van der Waals surface area (Å²) in [5, 5.41) is 10.8. The Morgan fingerprint density at radius 2 is 2.05 bits per heavy atom. The summed E-state index contributed by atoms with van der Waals surface area (Å²) >= 11 is 12.1. The summed E-state index contributed by atoms with van der Waals surface area (Å²) in [6.45, 7) is 3.54. The predicted molar refractivity (Wildman–Crippen MR) is 81.4 cm³/mol. The van der Waals surface area contributed by atoms with E-state index >= 15 is 0 Å². The van der Waals surface area contributed by atoms with Crippen molar-refractivity contribution in [2.75, 3.05) is 7.05 Å². The molecule has 1 aromatic carbocycles. The van der Waals surface area contributed by atoms with Gasteiger partial charge in [0.15, 0.2) is 0 Å². The molecule has 0 spiro atoms. The first-order valence-electron chi connectivity index (χ1n) is 6.49. The minimum absolute atomic E-state index is 0.00173. The molecule has 0 saturated heterocycles. The first kappa shape index (κ1) is 16.0. The van der Waals surface area contributed by atoms with Crippen LogP contribution in [0.5, 0.6) is 0 Å². The molecular weight excluding hydrogens is 315 g/mol. The standard InChI is InChI=1S/C14H16Cl2N2O3/c1-9(10-5-4-6-11(7-10)18(20)21)17(3)12(19)13(2)8-14(13,15)16/h4-7,9H,8H2,1-3H3/t9-,13+/m0/s1. The van der Waals surface area contributed by atoms with Crippen LogP contribution in [0.15, 0.2) is 24.3 Å². The second kappa shape index (κ2) is 5.14. The van der Waals surface area contributed by atoms with Crippen molar-refractivity contribution in [2.24, 2.45) is 5.41 Å². The molecule has 0 aromatic heterocycles. The van der Waals surface area contributed by atoms with Gasteiger partial charge in [0.05, 0.1) is 16.4 Å². The Bertz CT molecular complexity index is 606. The number of amides is 1. The van der Waals surface area contributed by atoms with Crippen LogP contribution in [0.3, 0.4) is 0 Å². The molecule has 1 aliphatic rings. The molecule has 1 aromatic rings. The Kier molecular flexibility index (Phi) is 3.93. The van der Waals surface area contributed by atoms with Crippen LogP contribution in [0.25, 0.3) is 0 Å². The fraction of sp³-hybridized carbons (Fsp3) is 0.500. The van der Waals surface area contributed by atoms with E-state index in [2.05, 4.69) is 0 Å². The number of rotatable bonds is 4. The van der Waals surface area contributed by atoms with Crippen molar-refractivity contribution in [1.29, 1.82) is 0 Å². The quantitative estimate of drug-likeness (QED) is 0.480. The first-order chi connectivity index (χ1) is 9.60. The van der Waals surface area contributed by atoms with Gasteiger partial charge in [0.25, 0.3) is 5.69 Å². The van der Waals surface area contributed by atoms with Crippen molar-refractivity contribution < 1.29 is 9.72 Å². The van der Waals surface area contributed by atoms with Gasteiger partial charge < -0.3 is 4.90 Å². The molecule has 0 N–H and O–H groups in total. The van der Waals surface area contributed by atoms with Gasteiger partial charge in [-0.2, -0.15) is 0 Å². The highest BCUT2D eigenvalue weighted by molar-refractivity contribution is 6.53. The Balaban J connectivity index is 2.20. The van der Waals surface area contributed by atoms with Crippen LogP contribution in [0.1, 0.15) is 31.9 Å². The number of carbonyl (C=O) groups excluding carboxylic acids is 1. The van der Waals surface area contributed by atoms with Gasteiger partial charge in [0, 0.05) is 19.2 Å². The molecule has 1 aliphatic carbocycles. The van der Waals surface area contributed by atoms with Crippen LogP contribution in [-0.4, -0.2) is 27.1 Å². The van der Waals surface area contributed by atoms with Crippen LogP contribution in [0.2, 0.25) is 0 Å². The summed E-state index contributed by atoms with van der Waals surface area (Å²) < 4.78 is -1.03. The Morgan fingerprint density at radius 1 is 1.48 bits per heavy atom. The lowest BCUT2D eigenvalue weighted by atomic mass is 10.0. The van der Waals surface area contributed by atoms with Gasteiger partial charge in [-0.3, -0.25) is 14.9 Å². The number of halogens is 2. The smallest absolute Gasteiger partial charge is 0.269 e. The molecule has 0 bridgehead atoms. The summed E-state index contributed by atoms with van der Waals surface area (Å²) in [5.74, 6) is -0.161. The number of alkyl halides is 2. The summed E-state index contributed by atoms with van der Waals surface area (Å²) in [5.41, 5.74) is -0.0965. The third-order valence-corrected chi connectivity index (χ3v) is 5.30. The van der Waals surface area contributed by atoms with E-state index in [0.717, 1.165) is 0 Å². The van der Waals surface area contributed by atoms with Gasteiger partial charge >= 0.3 is 0 Å². The molecule has 0 unspecified atom stereocenters. The average Bonchev–Trinajstić information content (AvgIpc) is 2.96. The average molecular weight is 331 g/mol. The summed E-state index contributed by atoms with van der Waals surface area (Å²) in [4.78, 5) is 24.4. The van der Waals surface area contributed by atoms with E-state index in [1.54, 1.807) is 26.1 Å². The number of benzene rings is 1. The molecule has 7 heteroatoms. The third-order valence-electron chi connectivity index (χ3n) is 4.19. The molecule has 2 atom stereocenters. The van der Waals surface area contributed by atoms with E-state index < -0.39 is 14.7 Å². The summed E-state index contributed by atoms with van der Waals surface area (Å²) in [7, 11) is 1.65. The van der Waals surface area contributed by atoms with Crippen molar-refractivity contribution >= 4 is 34.8 Å². The van der Waals surface area contributed by atoms with Crippen LogP contribution in [0, 0.1) is 15.5 Å². The number of carbonyl (C=O) groups is 1. The minimum Gasteiger partial charge on any atom is -0.338 e. The Labute approximate surface area is 133 Å². The topological polar surface area (TPSA) is 63.5 Å². The molecule has 114 valence electrons. The van der Waals surface area contributed by atoms with E-state index in [-0.39, 0.29) is 17.6 Å². The van der Waals surface area contributed by atoms with Gasteiger partial charge in [0.2, 0.25) is 5.91 Å². The van der Waals surface area contributed by atoms with Gasteiger partial charge in [-0.05, 0) is 25.8 Å². The zero-order chi connectivity index (χ0) is 16.0. The number of hydrogen-bond acceptors (Lipinski definition) is 3. The third kappa shape index (κ3) is 2.72. The highest BCUT2D eigenvalue weighted by atomic mass is 35.5. The van der Waals surface area contributed by atoms with Crippen LogP contribution < -0.4 is 0 Å². The minimum atomic E-state index is -1.03. The number of nitrogens with zero attached hydrogens (tertiary/aromatic N) is 2. The van der Waals surface area contributed by atoms with Crippen molar-refractivity contribution in [3.63, 3.8) is 0 Å². The molecule has 0 radical (unpaired) electrons. The number of nitro groups is 1. The number of nitro benzene ring substituents is 1. The monoisotopic (exact) mass is 330 g/mol. The maximum Gasteiger partial charge on any atom is 0.269 e. The molecule has 1 fully saturated rings. The Morgan fingerprint density at radius 3 is 2.52 bits per heavy atom. The van der Waals surface area contributed by atoms with Crippen molar-refractivity contribution in [1.82, 2.24) is 4.90 Å². The molecule has 2 rings (SSSR count).